The highest BCUT2D eigenvalue weighted by atomic mass is 32.2. The number of nitrogens with one attached hydrogen (secondary N) is 1. The quantitative estimate of drug-likeness (QED) is 0.367. The number of ether oxygens (including phenoxy) is 1. The summed E-state index contributed by atoms with van der Waals surface area (Å²) < 4.78 is 8.07. The third-order valence-electron chi connectivity index (χ3n) is 5.23. The standard InChI is InChI=1S/C25H26N4O2S/c1-3-29-23(16-31-22-15-9-13-20-12-7-8-14-21(20)22)27-28-25(29)32-17-24(30)26-18(2)19-10-5-4-6-11-19/h4-15,18H,3,16-17H2,1-2H3,(H,26,30)/t18-/m0/s1. The number of fused-ring (bicyclic) bond motifs is 1. The lowest BCUT2D eigenvalue weighted by atomic mass is 10.1. The third kappa shape index (κ3) is 5.11. The second-order valence-electron chi connectivity index (χ2n) is 7.40. The first-order valence-corrected chi connectivity index (χ1v) is 11.6. The van der Waals surface area contributed by atoms with Crippen LogP contribution in [-0.2, 0) is 17.9 Å². The zero-order chi connectivity index (χ0) is 22.3. The van der Waals surface area contributed by atoms with Crippen LogP contribution in [0.1, 0.15) is 31.3 Å². The molecule has 1 amide bonds. The number of carbonyl (C=O) groups is 1. The molecule has 4 aromatic rings. The van der Waals surface area contributed by atoms with Crippen molar-refractivity contribution in [1.82, 2.24) is 20.1 Å². The number of hydrogen-bond acceptors (Lipinski definition) is 5. The Labute approximate surface area is 192 Å². The van der Waals surface area contributed by atoms with E-state index in [-0.39, 0.29) is 17.7 Å². The maximum absolute atomic E-state index is 12.4. The van der Waals surface area contributed by atoms with Crippen molar-refractivity contribution in [3.63, 3.8) is 0 Å². The highest BCUT2D eigenvalue weighted by Gasteiger charge is 2.15. The van der Waals surface area contributed by atoms with E-state index < -0.39 is 0 Å². The van der Waals surface area contributed by atoms with E-state index in [1.165, 1.54) is 11.8 Å². The van der Waals surface area contributed by atoms with Crippen molar-refractivity contribution < 1.29 is 9.53 Å². The lowest BCUT2D eigenvalue weighted by Gasteiger charge is -2.14. The van der Waals surface area contributed by atoms with Gasteiger partial charge in [0.1, 0.15) is 12.4 Å². The van der Waals surface area contributed by atoms with Crippen LogP contribution in [0.15, 0.2) is 78.0 Å². The molecule has 0 aliphatic carbocycles. The van der Waals surface area contributed by atoms with Crippen molar-refractivity contribution in [1.29, 1.82) is 0 Å². The average Bonchev–Trinajstić information content (AvgIpc) is 3.23. The minimum absolute atomic E-state index is 0.0365. The van der Waals surface area contributed by atoms with Gasteiger partial charge in [-0.05, 0) is 30.9 Å². The smallest absolute Gasteiger partial charge is 0.230 e. The monoisotopic (exact) mass is 446 g/mol. The van der Waals surface area contributed by atoms with Crippen LogP contribution in [0.4, 0.5) is 0 Å². The Hall–Kier alpha value is -3.32. The van der Waals surface area contributed by atoms with Gasteiger partial charge in [-0.2, -0.15) is 0 Å². The number of aromatic nitrogens is 3. The Balaban J connectivity index is 1.37. The molecule has 0 aliphatic rings. The molecule has 0 saturated heterocycles. The molecule has 0 spiro atoms. The molecule has 4 rings (SSSR count). The van der Waals surface area contributed by atoms with Gasteiger partial charge in [0, 0.05) is 11.9 Å². The summed E-state index contributed by atoms with van der Waals surface area (Å²) in [6.07, 6.45) is 0. The first-order chi connectivity index (χ1) is 15.7. The molecule has 3 aromatic carbocycles. The zero-order valence-corrected chi connectivity index (χ0v) is 19.0. The minimum atomic E-state index is -0.0435. The van der Waals surface area contributed by atoms with Crippen LogP contribution in [0.25, 0.3) is 10.8 Å². The average molecular weight is 447 g/mol. The maximum atomic E-state index is 12.4. The molecule has 1 atom stereocenters. The summed E-state index contributed by atoms with van der Waals surface area (Å²) in [6, 6.07) is 24.0. The minimum Gasteiger partial charge on any atom is -0.485 e. The molecule has 1 aromatic heterocycles. The fourth-order valence-corrected chi connectivity index (χ4v) is 4.38. The SMILES string of the molecule is CCn1c(COc2cccc3ccccc23)nnc1SCC(=O)N[C@@H](C)c1ccccc1. The van der Waals surface area contributed by atoms with Crippen LogP contribution in [0.3, 0.4) is 0 Å². The van der Waals surface area contributed by atoms with Gasteiger partial charge in [0.25, 0.3) is 0 Å². The molecule has 32 heavy (non-hydrogen) atoms. The Bertz CT molecular complexity index is 1190. The molecule has 0 fully saturated rings. The fourth-order valence-electron chi connectivity index (χ4n) is 3.55. The Morgan fingerprint density at radius 3 is 2.59 bits per heavy atom. The van der Waals surface area contributed by atoms with Gasteiger partial charge in [-0.3, -0.25) is 4.79 Å². The molecule has 0 unspecified atom stereocenters. The first kappa shape index (κ1) is 21.9. The normalized spacial score (nSPS) is 11.9. The van der Waals surface area contributed by atoms with Gasteiger partial charge < -0.3 is 14.6 Å². The topological polar surface area (TPSA) is 69.0 Å². The predicted octanol–water partition coefficient (Wildman–Crippen LogP) is 5.00. The summed E-state index contributed by atoms with van der Waals surface area (Å²) in [5, 5.41) is 14.5. The Morgan fingerprint density at radius 1 is 1.03 bits per heavy atom. The number of nitrogens with zero attached hydrogens (tertiary/aromatic N) is 3. The van der Waals surface area contributed by atoms with Gasteiger partial charge in [0.05, 0.1) is 11.8 Å². The highest BCUT2D eigenvalue weighted by molar-refractivity contribution is 7.99. The van der Waals surface area contributed by atoms with E-state index >= 15 is 0 Å². The zero-order valence-electron chi connectivity index (χ0n) is 18.2. The summed E-state index contributed by atoms with van der Waals surface area (Å²) in [5.74, 6) is 1.79. The second-order valence-corrected chi connectivity index (χ2v) is 8.34. The van der Waals surface area contributed by atoms with E-state index in [2.05, 4.69) is 27.6 Å². The van der Waals surface area contributed by atoms with E-state index in [1.54, 1.807) is 0 Å². The van der Waals surface area contributed by atoms with Gasteiger partial charge in [-0.15, -0.1) is 10.2 Å². The molecule has 0 bridgehead atoms. The van der Waals surface area contributed by atoms with Gasteiger partial charge in [0.15, 0.2) is 11.0 Å². The summed E-state index contributed by atoms with van der Waals surface area (Å²) in [7, 11) is 0. The largest absolute Gasteiger partial charge is 0.485 e. The lowest BCUT2D eigenvalue weighted by molar-refractivity contribution is -0.119. The number of amides is 1. The van der Waals surface area contributed by atoms with Gasteiger partial charge in [-0.25, -0.2) is 0 Å². The van der Waals surface area contributed by atoms with Crippen molar-refractivity contribution in [3.8, 4) is 5.75 Å². The maximum Gasteiger partial charge on any atom is 0.230 e. The van der Waals surface area contributed by atoms with E-state index in [0.717, 1.165) is 27.9 Å². The molecule has 0 saturated carbocycles. The number of thioether (sulfide) groups is 1. The first-order valence-electron chi connectivity index (χ1n) is 10.7. The highest BCUT2D eigenvalue weighted by Crippen LogP contribution is 2.26. The number of benzene rings is 3. The Kier molecular flexibility index (Phi) is 7.07. The third-order valence-corrected chi connectivity index (χ3v) is 6.19. The Morgan fingerprint density at radius 2 is 1.78 bits per heavy atom. The van der Waals surface area contributed by atoms with Crippen LogP contribution in [0.2, 0.25) is 0 Å². The molecule has 164 valence electrons. The molecule has 0 radical (unpaired) electrons. The van der Waals surface area contributed by atoms with Crippen molar-refractivity contribution in [2.45, 2.75) is 38.2 Å². The van der Waals surface area contributed by atoms with E-state index in [1.807, 2.05) is 79.1 Å². The van der Waals surface area contributed by atoms with Crippen LogP contribution in [0.5, 0.6) is 5.75 Å². The fraction of sp³-hybridized carbons (Fsp3) is 0.240. The van der Waals surface area contributed by atoms with Gasteiger partial charge in [-0.1, -0.05) is 78.5 Å². The summed E-state index contributed by atoms with van der Waals surface area (Å²) in [5.41, 5.74) is 1.08. The van der Waals surface area contributed by atoms with Crippen molar-refractivity contribution in [3.05, 3.63) is 84.2 Å². The number of rotatable bonds is 9. The van der Waals surface area contributed by atoms with Crippen molar-refractivity contribution >= 4 is 28.4 Å². The van der Waals surface area contributed by atoms with Crippen LogP contribution >= 0.6 is 11.8 Å². The number of carbonyl (C=O) groups excluding carboxylic acids is 1. The number of hydrogen-bond donors (Lipinski definition) is 1. The van der Waals surface area contributed by atoms with E-state index in [0.29, 0.717) is 18.3 Å². The van der Waals surface area contributed by atoms with Crippen molar-refractivity contribution in [2.24, 2.45) is 0 Å². The van der Waals surface area contributed by atoms with Gasteiger partial charge >= 0.3 is 0 Å². The summed E-state index contributed by atoms with van der Waals surface area (Å²) >= 11 is 1.38. The predicted molar refractivity (Wildman–Crippen MR) is 128 cm³/mol. The van der Waals surface area contributed by atoms with E-state index in [4.69, 9.17) is 4.74 Å². The molecule has 6 nitrogen and oxygen atoms in total. The summed E-state index contributed by atoms with van der Waals surface area (Å²) in [4.78, 5) is 12.4. The lowest BCUT2D eigenvalue weighted by Crippen LogP contribution is -2.28. The van der Waals surface area contributed by atoms with Crippen molar-refractivity contribution in [2.75, 3.05) is 5.75 Å². The molecular weight excluding hydrogens is 420 g/mol. The molecule has 1 N–H and O–H groups in total. The van der Waals surface area contributed by atoms with E-state index in [9.17, 15) is 4.79 Å². The van der Waals surface area contributed by atoms with Crippen LogP contribution in [0, 0.1) is 0 Å². The molecule has 0 aliphatic heterocycles. The van der Waals surface area contributed by atoms with Crippen LogP contribution in [-0.4, -0.2) is 26.4 Å². The molecule has 7 heteroatoms. The van der Waals surface area contributed by atoms with Crippen LogP contribution < -0.4 is 10.1 Å². The molecular formula is C25H26N4O2S. The van der Waals surface area contributed by atoms with Gasteiger partial charge in [0.2, 0.25) is 5.91 Å². The molecule has 1 heterocycles. The second kappa shape index (κ2) is 10.3. The summed E-state index contributed by atoms with van der Waals surface area (Å²) in [6.45, 7) is 5.03.